The molecular formula is C13H18N4. The SMILES string of the molecule is Cc1cc(C)c(-c2cn(CCN)nn2)c(C)c1. The largest absolute Gasteiger partial charge is 0.329 e. The lowest BCUT2D eigenvalue weighted by molar-refractivity contribution is 0.598. The predicted molar refractivity (Wildman–Crippen MR) is 68.7 cm³/mol. The highest BCUT2D eigenvalue weighted by Gasteiger charge is 2.10. The summed E-state index contributed by atoms with van der Waals surface area (Å²) in [4.78, 5) is 0. The van der Waals surface area contributed by atoms with Crippen LogP contribution in [0.5, 0.6) is 0 Å². The fraction of sp³-hybridized carbons (Fsp3) is 0.385. The number of nitrogens with two attached hydrogens (primary N) is 1. The Balaban J connectivity index is 2.45. The third kappa shape index (κ3) is 2.36. The maximum atomic E-state index is 5.50. The van der Waals surface area contributed by atoms with Crippen LogP contribution in [0.15, 0.2) is 18.3 Å². The van der Waals surface area contributed by atoms with Gasteiger partial charge in [-0.15, -0.1) is 5.10 Å². The molecule has 0 bridgehead atoms. The summed E-state index contributed by atoms with van der Waals surface area (Å²) in [6, 6.07) is 4.34. The molecule has 0 amide bonds. The lowest BCUT2D eigenvalue weighted by Crippen LogP contribution is -2.10. The molecular weight excluding hydrogens is 212 g/mol. The molecule has 0 saturated heterocycles. The van der Waals surface area contributed by atoms with Crippen LogP contribution in [0.1, 0.15) is 16.7 Å². The average Bonchev–Trinajstić information content (AvgIpc) is 2.65. The van der Waals surface area contributed by atoms with Crippen LogP contribution < -0.4 is 5.73 Å². The van der Waals surface area contributed by atoms with E-state index in [4.69, 9.17) is 5.73 Å². The Morgan fingerprint density at radius 3 is 2.41 bits per heavy atom. The molecule has 0 saturated carbocycles. The van der Waals surface area contributed by atoms with E-state index >= 15 is 0 Å². The van der Waals surface area contributed by atoms with Crippen LogP contribution in [0.4, 0.5) is 0 Å². The van der Waals surface area contributed by atoms with Crippen molar-refractivity contribution in [1.82, 2.24) is 15.0 Å². The zero-order valence-corrected chi connectivity index (χ0v) is 10.6. The zero-order valence-electron chi connectivity index (χ0n) is 10.6. The molecule has 4 nitrogen and oxygen atoms in total. The summed E-state index contributed by atoms with van der Waals surface area (Å²) in [5.41, 5.74) is 11.4. The highest BCUT2D eigenvalue weighted by Crippen LogP contribution is 2.26. The molecule has 0 spiro atoms. The lowest BCUT2D eigenvalue weighted by atomic mass is 9.98. The molecule has 0 aliphatic carbocycles. The van der Waals surface area contributed by atoms with Crippen LogP contribution in [-0.4, -0.2) is 21.5 Å². The maximum Gasteiger partial charge on any atom is 0.113 e. The zero-order chi connectivity index (χ0) is 12.4. The smallest absolute Gasteiger partial charge is 0.113 e. The highest BCUT2D eigenvalue weighted by atomic mass is 15.4. The molecule has 2 aromatic rings. The van der Waals surface area contributed by atoms with Crippen molar-refractivity contribution in [2.75, 3.05) is 6.54 Å². The van der Waals surface area contributed by atoms with Gasteiger partial charge in [-0.2, -0.15) is 0 Å². The second kappa shape index (κ2) is 4.67. The fourth-order valence-electron chi connectivity index (χ4n) is 2.24. The number of benzene rings is 1. The van der Waals surface area contributed by atoms with Crippen molar-refractivity contribution < 1.29 is 0 Å². The molecule has 0 radical (unpaired) electrons. The van der Waals surface area contributed by atoms with Gasteiger partial charge >= 0.3 is 0 Å². The first kappa shape index (κ1) is 11.8. The molecule has 0 aliphatic heterocycles. The van der Waals surface area contributed by atoms with Gasteiger partial charge in [0.2, 0.25) is 0 Å². The van der Waals surface area contributed by atoms with Gasteiger partial charge in [-0.1, -0.05) is 22.9 Å². The van der Waals surface area contributed by atoms with E-state index in [-0.39, 0.29) is 0 Å². The van der Waals surface area contributed by atoms with E-state index in [9.17, 15) is 0 Å². The first-order valence-corrected chi connectivity index (χ1v) is 5.80. The van der Waals surface area contributed by atoms with Crippen molar-refractivity contribution in [2.24, 2.45) is 5.73 Å². The van der Waals surface area contributed by atoms with Crippen LogP contribution in [0.2, 0.25) is 0 Å². The maximum absolute atomic E-state index is 5.50. The summed E-state index contributed by atoms with van der Waals surface area (Å²) in [6.45, 7) is 7.61. The number of hydrogen-bond donors (Lipinski definition) is 1. The van der Waals surface area contributed by atoms with E-state index in [1.807, 2.05) is 6.20 Å². The average molecular weight is 230 g/mol. The molecule has 2 N–H and O–H groups in total. The Morgan fingerprint density at radius 2 is 1.82 bits per heavy atom. The summed E-state index contributed by atoms with van der Waals surface area (Å²) < 4.78 is 1.79. The molecule has 0 unspecified atom stereocenters. The van der Waals surface area contributed by atoms with Crippen LogP contribution >= 0.6 is 0 Å². The van der Waals surface area contributed by atoms with Gasteiger partial charge in [0, 0.05) is 12.1 Å². The monoisotopic (exact) mass is 230 g/mol. The van der Waals surface area contributed by atoms with E-state index in [1.54, 1.807) is 4.68 Å². The van der Waals surface area contributed by atoms with E-state index in [2.05, 4.69) is 43.2 Å². The third-order valence-corrected chi connectivity index (χ3v) is 2.83. The molecule has 2 rings (SSSR count). The minimum Gasteiger partial charge on any atom is -0.329 e. The van der Waals surface area contributed by atoms with Gasteiger partial charge in [0.15, 0.2) is 0 Å². The van der Waals surface area contributed by atoms with Crippen LogP contribution in [0.25, 0.3) is 11.3 Å². The van der Waals surface area contributed by atoms with Crippen molar-refractivity contribution in [3.63, 3.8) is 0 Å². The molecule has 4 heteroatoms. The Labute approximate surface area is 101 Å². The van der Waals surface area contributed by atoms with Crippen molar-refractivity contribution in [3.05, 3.63) is 35.0 Å². The molecule has 1 heterocycles. The van der Waals surface area contributed by atoms with E-state index in [0.29, 0.717) is 13.1 Å². The number of aromatic nitrogens is 3. The normalized spacial score (nSPS) is 10.8. The fourth-order valence-corrected chi connectivity index (χ4v) is 2.24. The molecule has 0 aliphatic rings. The number of hydrogen-bond acceptors (Lipinski definition) is 3. The van der Waals surface area contributed by atoms with E-state index in [0.717, 1.165) is 5.69 Å². The van der Waals surface area contributed by atoms with Crippen LogP contribution in [0, 0.1) is 20.8 Å². The Kier molecular flexibility index (Phi) is 3.24. The standard InChI is InChI=1S/C13H18N4/c1-9-6-10(2)13(11(3)7-9)12-8-17(5-4-14)16-15-12/h6-8H,4-5,14H2,1-3H3. The Morgan fingerprint density at radius 1 is 1.18 bits per heavy atom. The summed E-state index contributed by atoms with van der Waals surface area (Å²) in [5.74, 6) is 0. The summed E-state index contributed by atoms with van der Waals surface area (Å²) in [5, 5.41) is 8.29. The van der Waals surface area contributed by atoms with Crippen molar-refractivity contribution in [2.45, 2.75) is 27.3 Å². The third-order valence-electron chi connectivity index (χ3n) is 2.83. The van der Waals surface area contributed by atoms with Crippen LogP contribution in [-0.2, 0) is 6.54 Å². The lowest BCUT2D eigenvalue weighted by Gasteiger charge is -2.08. The van der Waals surface area contributed by atoms with Gasteiger partial charge < -0.3 is 5.73 Å². The molecule has 90 valence electrons. The molecule has 17 heavy (non-hydrogen) atoms. The first-order valence-electron chi connectivity index (χ1n) is 5.80. The predicted octanol–water partition coefficient (Wildman–Crippen LogP) is 1.83. The second-order valence-corrected chi connectivity index (χ2v) is 4.43. The van der Waals surface area contributed by atoms with Gasteiger partial charge in [0.05, 0.1) is 12.7 Å². The molecule has 0 fully saturated rings. The van der Waals surface area contributed by atoms with Crippen molar-refractivity contribution in [1.29, 1.82) is 0 Å². The van der Waals surface area contributed by atoms with Gasteiger partial charge in [0.1, 0.15) is 5.69 Å². The summed E-state index contributed by atoms with van der Waals surface area (Å²) in [7, 11) is 0. The molecule has 1 aromatic heterocycles. The quantitative estimate of drug-likeness (QED) is 0.875. The number of aryl methyl sites for hydroxylation is 3. The van der Waals surface area contributed by atoms with Gasteiger partial charge in [0.25, 0.3) is 0 Å². The van der Waals surface area contributed by atoms with E-state index in [1.165, 1.54) is 22.3 Å². The highest BCUT2D eigenvalue weighted by molar-refractivity contribution is 5.67. The topological polar surface area (TPSA) is 56.7 Å². The Hall–Kier alpha value is -1.68. The van der Waals surface area contributed by atoms with Crippen molar-refractivity contribution in [3.8, 4) is 11.3 Å². The Bertz CT molecular complexity index is 505. The number of rotatable bonds is 3. The van der Waals surface area contributed by atoms with Gasteiger partial charge in [-0.25, -0.2) is 0 Å². The van der Waals surface area contributed by atoms with Gasteiger partial charge in [-0.3, -0.25) is 4.68 Å². The minimum absolute atomic E-state index is 0.578. The summed E-state index contributed by atoms with van der Waals surface area (Å²) in [6.07, 6.45) is 1.96. The molecule has 1 aromatic carbocycles. The van der Waals surface area contributed by atoms with E-state index < -0.39 is 0 Å². The molecule has 0 atom stereocenters. The first-order chi connectivity index (χ1) is 8.11. The number of nitrogens with zero attached hydrogens (tertiary/aromatic N) is 3. The van der Waals surface area contributed by atoms with Crippen LogP contribution in [0.3, 0.4) is 0 Å². The van der Waals surface area contributed by atoms with Gasteiger partial charge in [-0.05, 0) is 31.9 Å². The summed E-state index contributed by atoms with van der Waals surface area (Å²) >= 11 is 0. The minimum atomic E-state index is 0.578. The van der Waals surface area contributed by atoms with Crippen molar-refractivity contribution >= 4 is 0 Å². The second-order valence-electron chi connectivity index (χ2n) is 4.43.